The maximum atomic E-state index is 6.16. The summed E-state index contributed by atoms with van der Waals surface area (Å²) in [6.45, 7) is 0. The molecule has 0 bridgehead atoms. The van der Waals surface area contributed by atoms with E-state index in [1.165, 1.54) is 25.7 Å². The molecule has 0 N–H and O–H groups in total. The molecule has 0 saturated heterocycles. The Hall–Kier alpha value is -1.09. The monoisotopic (exact) mass is 221 g/mol. The van der Waals surface area contributed by atoms with E-state index in [0.717, 1.165) is 11.2 Å². The lowest BCUT2D eigenvalue weighted by molar-refractivity contribution is 0.529. The highest BCUT2D eigenvalue weighted by molar-refractivity contribution is 6.29. The molecule has 78 valence electrons. The molecule has 1 fully saturated rings. The minimum absolute atomic E-state index is 0.498. The van der Waals surface area contributed by atoms with Crippen molar-refractivity contribution < 1.29 is 0 Å². The van der Waals surface area contributed by atoms with E-state index in [9.17, 15) is 0 Å². The summed E-state index contributed by atoms with van der Waals surface area (Å²) in [7, 11) is 0. The second-order valence-corrected chi connectivity index (χ2v) is 4.37. The molecule has 3 rings (SSSR count). The van der Waals surface area contributed by atoms with Gasteiger partial charge in [-0.2, -0.15) is 0 Å². The minimum Gasteiger partial charge on any atom is -0.296 e. The summed E-state index contributed by atoms with van der Waals surface area (Å²) in [5.41, 5.74) is 1.82. The van der Waals surface area contributed by atoms with Gasteiger partial charge >= 0.3 is 0 Å². The van der Waals surface area contributed by atoms with E-state index in [1.54, 1.807) is 6.20 Å². The summed E-state index contributed by atoms with van der Waals surface area (Å²) in [4.78, 5) is 8.69. The number of hydrogen-bond donors (Lipinski definition) is 0. The van der Waals surface area contributed by atoms with Gasteiger partial charge in [0, 0.05) is 12.2 Å². The fourth-order valence-corrected chi connectivity index (χ4v) is 2.70. The summed E-state index contributed by atoms with van der Waals surface area (Å²) in [5.74, 6) is 0. The Morgan fingerprint density at radius 2 is 2.13 bits per heavy atom. The van der Waals surface area contributed by atoms with Crippen LogP contribution in [0.15, 0.2) is 18.3 Å². The number of imidazole rings is 1. The Morgan fingerprint density at radius 1 is 1.33 bits per heavy atom. The smallest absolute Gasteiger partial charge is 0.205 e. The van der Waals surface area contributed by atoms with Gasteiger partial charge in [-0.25, -0.2) is 9.97 Å². The predicted octanol–water partition coefficient (Wildman–Crippen LogP) is 3.20. The van der Waals surface area contributed by atoms with Crippen LogP contribution in [0.4, 0.5) is 0 Å². The van der Waals surface area contributed by atoms with E-state index >= 15 is 0 Å². The number of hydrogen-bond acceptors (Lipinski definition) is 2. The lowest BCUT2D eigenvalue weighted by Crippen LogP contribution is -2.05. The van der Waals surface area contributed by atoms with Crippen LogP contribution in [0.1, 0.15) is 31.7 Å². The lowest BCUT2D eigenvalue weighted by Gasteiger charge is -2.12. The Morgan fingerprint density at radius 3 is 2.93 bits per heavy atom. The van der Waals surface area contributed by atoms with Crippen molar-refractivity contribution >= 4 is 22.8 Å². The van der Waals surface area contributed by atoms with Crippen LogP contribution in [0.2, 0.25) is 5.28 Å². The zero-order valence-corrected chi connectivity index (χ0v) is 9.11. The lowest BCUT2D eigenvalue weighted by atomic mass is 10.2. The normalized spacial score (nSPS) is 17.7. The number of aromatic nitrogens is 3. The summed E-state index contributed by atoms with van der Waals surface area (Å²) in [6, 6.07) is 4.35. The molecule has 1 aliphatic carbocycles. The number of pyridine rings is 1. The fraction of sp³-hybridized carbons (Fsp3) is 0.455. The first-order chi connectivity index (χ1) is 7.36. The van der Waals surface area contributed by atoms with E-state index in [4.69, 9.17) is 11.6 Å². The van der Waals surface area contributed by atoms with Crippen molar-refractivity contribution in [3.8, 4) is 0 Å². The quantitative estimate of drug-likeness (QED) is 0.741. The highest BCUT2D eigenvalue weighted by Gasteiger charge is 2.22. The molecule has 0 radical (unpaired) electrons. The molecule has 2 aromatic rings. The number of fused-ring (bicyclic) bond motifs is 1. The maximum Gasteiger partial charge on any atom is 0.205 e. The zero-order valence-electron chi connectivity index (χ0n) is 8.36. The minimum atomic E-state index is 0.498. The van der Waals surface area contributed by atoms with E-state index in [2.05, 4.69) is 14.5 Å². The van der Waals surface area contributed by atoms with Crippen LogP contribution < -0.4 is 0 Å². The van der Waals surface area contributed by atoms with Crippen molar-refractivity contribution in [3.05, 3.63) is 23.6 Å². The molecule has 0 amide bonds. The van der Waals surface area contributed by atoms with Crippen LogP contribution in [-0.4, -0.2) is 14.5 Å². The molecule has 3 nitrogen and oxygen atoms in total. The van der Waals surface area contributed by atoms with Crippen molar-refractivity contribution in [1.29, 1.82) is 0 Å². The van der Waals surface area contributed by atoms with Gasteiger partial charge in [0.25, 0.3) is 0 Å². The van der Waals surface area contributed by atoms with Gasteiger partial charge in [0.05, 0.1) is 0 Å². The zero-order chi connectivity index (χ0) is 10.3. The summed E-state index contributed by atoms with van der Waals surface area (Å²) in [5, 5.41) is 0.579. The second-order valence-electron chi connectivity index (χ2n) is 4.04. The van der Waals surface area contributed by atoms with Crippen LogP contribution in [-0.2, 0) is 0 Å². The summed E-state index contributed by atoms with van der Waals surface area (Å²) >= 11 is 6.16. The molecule has 1 saturated carbocycles. The van der Waals surface area contributed by atoms with E-state index in [0.29, 0.717) is 11.3 Å². The molecule has 2 heterocycles. The van der Waals surface area contributed by atoms with Crippen molar-refractivity contribution in [2.24, 2.45) is 0 Å². The Kier molecular flexibility index (Phi) is 2.13. The van der Waals surface area contributed by atoms with E-state index in [1.807, 2.05) is 12.1 Å². The Labute approximate surface area is 93.1 Å². The highest BCUT2D eigenvalue weighted by Crippen LogP contribution is 2.34. The average Bonchev–Trinajstić information content (AvgIpc) is 2.82. The number of nitrogens with zero attached hydrogens (tertiary/aromatic N) is 3. The summed E-state index contributed by atoms with van der Waals surface area (Å²) in [6.07, 6.45) is 6.76. The molecule has 1 aliphatic rings. The van der Waals surface area contributed by atoms with Crippen LogP contribution in [0.5, 0.6) is 0 Å². The molecular formula is C11H12ClN3. The third kappa shape index (κ3) is 1.42. The largest absolute Gasteiger partial charge is 0.296 e. The highest BCUT2D eigenvalue weighted by atomic mass is 35.5. The average molecular weight is 222 g/mol. The van der Waals surface area contributed by atoms with Gasteiger partial charge in [-0.3, -0.25) is 4.57 Å². The van der Waals surface area contributed by atoms with Gasteiger partial charge in [0.2, 0.25) is 5.28 Å². The molecule has 0 aliphatic heterocycles. The molecule has 2 aromatic heterocycles. The first kappa shape index (κ1) is 9.16. The Bertz CT molecular complexity index is 486. The molecule has 15 heavy (non-hydrogen) atoms. The van der Waals surface area contributed by atoms with Crippen LogP contribution in [0.25, 0.3) is 11.2 Å². The second kappa shape index (κ2) is 3.49. The van der Waals surface area contributed by atoms with Crippen LogP contribution in [0, 0.1) is 0 Å². The van der Waals surface area contributed by atoms with Gasteiger partial charge in [-0.1, -0.05) is 12.8 Å². The molecule has 0 atom stereocenters. The van der Waals surface area contributed by atoms with Gasteiger partial charge in [-0.05, 0) is 36.6 Å². The van der Waals surface area contributed by atoms with Crippen molar-refractivity contribution in [2.75, 3.05) is 0 Å². The standard InChI is InChI=1S/C11H12ClN3/c12-11-14-9-6-3-7-13-10(9)15(11)8-4-1-2-5-8/h3,6-8H,1-2,4-5H2. The van der Waals surface area contributed by atoms with E-state index < -0.39 is 0 Å². The number of rotatable bonds is 1. The molecule has 4 heteroatoms. The first-order valence-corrected chi connectivity index (χ1v) is 5.72. The number of halogens is 1. The van der Waals surface area contributed by atoms with Crippen LogP contribution >= 0.6 is 11.6 Å². The van der Waals surface area contributed by atoms with Crippen LogP contribution in [0.3, 0.4) is 0 Å². The molecule has 0 aromatic carbocycles. The SMILES string of the molecule is Clc1nc2cccnc2n1C1CCCC1. The van der Waals surface area contributed by atoms with Crippen molar-refractivity contribution in [3.63, 3.8) is 0 Å². The van der Waals surface area contributed by atoms with E-state index in [-0.39, 0.29) is 0 Å². The third-order valence-electron chi connectivity index (χ3n) is 3.10. The molecule has 0 unspecified atom stereocenters. The maximum absolute atomic E-state index is 6.16. The van der Waals surface area contributed by atoms with Gasteiger partial charge in [-0.15, -0.1) is 0 Å². The Balaban J connectivity index is 2.19. The van der Waals surface area contributed by atoms with Gasteiger partial charge in [0.1, 0.15) is 5.52 Å². The van der Waals surface area contributed by atoms with Gasteiger partial charge < -0.3 is 0 Å². The third-order valence-corrected chi connectivity index (χ3v) is 3.36. The topological polar surface area (TPSA) is 30.7 Å². The van der Waals surface area contributed by atoms with Crippen molar-refractivity contribution in [1.82, 2.24) is 14.5 Å². The first-order valence-electron chi connectivity index (χ1n) is 5.35. The van der Waals surface area contributed by atoms with Crippen molar-refractivity contribution in [2.45, 2.75) is 31.7 Å². The molecular weight excluding hydrogens is 210 g/mol. The predicted molar refractivity (Wildman–Crippen MR) is 60.0 cm³/mol. The molecule has 0 spiro atoms. The summed E-state index contributed by atoms with van der Waals surface area (Å²) < 4.78 is 2.09. The van der Waals surface area contributed by atoms with Gasteiger partial charge in [0.15, 0.2) is 5.65 Å². The fourth-order valence-electron chi connectivity index (χ4n) is 2.39.